The molecule has 0 aliphatic heterocycles. The molecule has 2 rings (SSSR count). The van der Waals surface area contributed by atoms with Crippen molar-refractivity contribution >= 4 is 15.9 Å². The van der Waals surface area contributed by atoms with Crippen molar-refractivity contribution in [2.45, 2.75) is 31.8 Å². The van der Waals surface area contributed by atoms with Crippen LogP contribution < -0.4 is 5.73 Å². The zero-order chi connectivity index (χ0) is 11.7. The molecule has 1 aliphatic rings. The van der Waals surface area contributed by atoms with Gasteiger partial charge in [0.2, 0.25) is 0 Å². The first-order valence-electron chi connectivity index (χ1n) is 5.81. The summed E-state index contributed by atoms with van der Waals surface area (Å²) in [6.45, 7) is 2.79. The Bertz CT molecular complexity index is 374. The highest BCUT2D eigenvalue weighted by molar-refractivity contribution is 9.10. The largest absolute Gasteiger partial charge is 0.329 e. The lowest BCUT2D eigenvalue weighted by atomic mass is 10.0. The van der Waals surface area contributed by atoms with Gasteiger partial charge in [-0.2, -0.15) is 0 Å². The molecule has 0 saturated heterocycles. The van der Waals surface area contributed by atoms with Crippen molar-refractivity contribution in [1.29, 1.82) is 0 Å². The van der Waals surface area contributed by atoms with Gasteiger partial charge in [0, 0.05) is 23.1 Å². The van der Waals surface area contributed by atoms with Crippen LogP contribution in [0.3, 0.4) is 0 Å². The fourth-order valence-electron chi connectivity index (χ4n) is 2.09. The van der Waals surface area contributed by atoms with Gasteiger partial charge in [0.05, 0.1) is 0 Å². The average Bonchev–Trinajstić information content (AvgIpc) is 3.07. The SMILES string of the molecule is Cc1ccc(C(CN)N(C)C2CC2)cc1Br. The highest BCUT2D eigenvalue weighted by atomic mass is 79.9. The zero-order valence-corrected chi connectivity index (χ0v) is 11.5. The Labute approximate surface area is 106 Å². The summed E-state index contributed by atoms with van der Waals surface area (Å²) < 4.78 is 1.17. The third kappa shape index (κ3) is 2.47. The van der Waals surface area contributed by atoms with E-state index in [1.807, 2.05) is 0 Å². The van der Waals surface area contributed by atoms with Gasteiger partial charge in [0.15, 0.2) is 0 Å². The molecule has 1 aromatic rings. The standard InChI is InChI=1S/C13H19BrN2/c1-9-3-4-10(7-12(9)14)13(8-15)16(2)11-5-6-11/h3-4,7,11,13H,5-6,8,15H2,1-2H3. The van der Waals surface area contributed by atoms with Crippen molar-refractivity contribution in [1.82, 2.24) is 4.90 Å². The molecule has 0 heterocycles. The summed E-state index contributed by atoms with van der Waals surface area (Å²) in [4.78, 5) is 2.41. The Kier molecular flexibility index (Phi) is 3.67. The number of nitrogens with zero attached hydrogens (tertiary/aromatic N) is 1. The lowest BCUT2D eigenvalue weighted by molar-refractivity contribution is 0.240. The maximum absolute atomic E-state index is 5.90. The molecule has 0 spiro atoms. The summed E-state index contributed by atoms with van der Waals surface area (Å²) in [6.07, 6.45) is 2.64. The number of hydrogen-bond acceptors (Lipinski definition) is 2. The van der Waals surface area contributed by atoms with Gasteiger partial charge in [-0.1, -0.05) is 28.1 Å². The minimum Gasteiger partial charge on any atom is -0.329 e. The first-order valence-corrected chi connectivity index (χ1v) is 6.61. The van der Waals surface area contributed by atoms with E-state index in [4.69, 9.17) is 5.73 Å². The monoisotopic (exact) mass is 282 g/mol. The van der Waals surface area contributed by atoms with Gasteiger partial charge in [0.25, 0.3) is 0 Å². The molecule has 16 heavy (non-hydrogen) atoms. The number of benzene rings is 1. The van der Waals surface area contributed by atoms with Crippen LogP contribution in [0.25, 0.3) is 0 Å². The van der Waals surface area contributed by atoms with E-state index in [0.717, 1.165) is 6.04 Å². The molecule has 1 aromatic carbocycles. The number of likely N-dealkylation sites (N-methyl/N-ethyl adjacent to an activating group) is 1. The maximum Gasteiger partial charge on any atom is 0.0470 e. The van der Waals surface area contributed by atoms with Crippen molar-refractivity contribution in [3.8, 4) is 0 Å². The van der Waals surface area contributed by atoms with Crippen LogP contribution in [0, 0.1) is 6.92 Å². The molecule has 0 radical (unpaired) electrons. The van der Waals surface area contributed by atoms with Crippen LogP contribution in [-0.2, 0) is 0 Å². The molecule has 0 bridgehead atoms. The Morgan fingerprint density at radius 1 is 1.50 bits per heavy atom. The molecule has 88 valence electrons. The van der Waals surface area contributed by atoms with Gasteiger partial charge in [-0.15, -0.1) is 0 Å². The van der Waals surface area contributed by atoms with Gasteiger partial charge in [0.1, 0.15) is 0 Å². The normalized spacial score (nSPS) is 17.8. The number of hydrogen-bond donors (Lipinski definition) is 1. The van der Waals surface area contributed by atoms with E-state index in [-0.39, 0.29) is 0 Å². The highest BCUT2D eigenvalue weighted by Gasteiger charge is 2.31. The quantitative estimate of drug-likeness (QED) is 0.920. The van der Waals surface area contributed by atoms with Crippen LogP contribution in [-0.4, -0.2) is 24.5 Å². The molecule has 1 saturated carbocycles. The third-order valence-corrected chi connectivity index (χ3v) is 4.27. The molecule has 1 atom stereocenters. The van der Waals surface area contributed by atoms with Gasteiger partial charge in [-0.05, 0) is 44.0 Å². The van der Waals surface area contributed by atoms with E-state index in [9.17, 15) is 0 Å². The van der Waals surface area contributed by atoms with Gasteiger partial charge >= 0.3 is 0 Å². The van der Waals surface area contributed by atoms with Crippen LogP contribution >= 0.6 is 15.9 Å². The second-order valence-electron chi connectivity index (χ2n) is 4.66. The van der Waals surface area contributed by atoms with Crippen LogP contribution in [0.1, 0.15) is 30.0 Å². The minimum atomic E-state index is 0.351. The van der Waals surface area contributed by atoms with E-state index < -0.39 is 0 Å². The van der Waals surface area contributed by atoms with Crippen molar-refractivity contribution in [3.05, 3.63) is 33.8 Å². The molecule has 1 aliphatic carbocycles. The Balaban J connectivity index is 2.21. The summed E-state index contributed by atoms with van der Waals surface area (Å²) in [6, 6.07) is 7.64. The second-order valence-corrected chi connectivity index (χ2v) is 5.51. The number of rotatable bonds is 4. The lowest BCUT2D eigenvalue weighted by Crippen LogP contribution is -2.32. The summed E-state index contributed by atoms with van der Waals surface area (Å²) in [5.41, 5.74) is 8.49. The van der Waals surface area contributed by atoms with Crippen molar-refractivity contribution in [3.63, 3.8) is 0 Å². The minimum absolute atomic E-state index is 0.351. The Hall–Kier alpha value is -0.380. The number of nitrogens with two attached hydrogens (primary N) is 1. The molecule has 3 heteroatoms. The molecule has 2 nitrogen and oxygen atoms in total. The van der Waals surface area contributed by atoms with E-state index in [1.54, 1.807) is 0 Å². The zero-order valence-electron chi connectivity index (χ0n) is 9.91. The number of halogens is 1. The first-order chi connectivity index (χ1) is 7.63. The predicted molar refractivity (Wildman–Crippen MR) is 71.5 cm³/mol. The van der Waals surface area contributed by atoms with Gasteiger partial charge < -0.3 is 5.73 Å². The fraction of sp³-hybridized carbons (Fsp3) is 0.538. The van der Waals surface area contributed by atoms with Crippen LogP contribution in [0.5, 0.6) is 0 Å². The summed E-state index contributed by atoms with van der Waals surface area (Å²) in [7, 11) is 2.18. The van der Waals surface area contributed by atoms with Crippen molar-refractivity contribution in [2.75, 3.05) is 13.6 Å². The van der Waals surface area contributed by atoms with Crippen molar-refractivity contribution < 1.29 is 0 Å². The van der Waals surface area contributed by atoms with E-state index >= 15 is 0 Å². The molecule has 0 aromatic heterocycles. The number of aryl methyl sites for hydroxylation is 1. The molecule has 1 unspecified atom stereocenters. The molecule has 0 amide bonds. The second kappa shape index (κ2) is 4.86. The smallest absolute Gasteiger partial charge is 0.0470 e. The Morgan fingerprint density at radius 3 is 2.69 bits per heavy atom. The van der Waals surface area contributed by atoms with Crippen molar-refractivity contribution in [2.24, 2.45) is 5.73 Å². The van der Waals surface area contributed by atoms with Gasteiger partial charge in [-0.25, -0.2) is 0 Å². The third-order valence-electron chi connectivity index (χ3n) is 3.42. The maximum atomic E-state index is 5.90. The van der Waals surface area contributed by atoms with Gasteiger partial charge in [-0.3, -0.25) is 4.90 Å². The topological polar surface area (TPSA) is 29.3 Å². The van der Waals surface area contributed by atoms with Crippen LogP contribution in [0.4, 0.5) is 0 Å². The first kappa shape index (κ1) is 12.1. The molecular weight excluding hydrogens is 264 g/mol. The molecule has 1 fully saturated rings. The van der Waals surface area contributed by atoms with E-state index in [1.165, 1.54) is 28.4 Å². The summed E-state index contributed by atoms with van der Waals surface area (Å²) >= 11 is 3.59. The Morgan fingerprint density at radius 2 is 2.19 bits per heavy atom. The van der Waals surface area contributed by atoms with E-state index in [2.05, 4.69) is 53.0 Å². The van der Waals surface area contributed by atoms with E-state index in [0.29, 0.717) is 12.6 Å². The molecule has 2 N–H and O–H groups in total. The summed E-state index contributed by atoms with van der Waals surface area (Å²) in [5, 5.41) is 0. The fourth-order valence-corrected chi connectivity index (χ4v) is 2.49. The van der Waals surface area contributed by atoms with Crippen LogP contribution in [0.2, 0.25) is 0 Å². The lowest BCUT2D eigenvalue weighted by Gasteiger charge is -2.27. The predicted octanol–water partition coefficient (Wildman–Crippen LogP) is 2.85. The molecular formula is C13H19BrN2. The average molecular weight is 283 g/mol. The van der Waals surface area contributed by atoms with Crippen LogP contribution in [0.15, 0.2) is 22.7 Å². The highest BCUT2D eigenvalue weighted by Crippen LogP contribution is 2.33. The summed E-state index contributed by atoms with van der Waals surface area (Å²) in [5.74, 6) is 0.